The Labute approximate surface area is 63.2 Å². The van der Waals surface area contributed by atoms with Gasteiger partial charge in [0.1, 0.15) is 0 Å². The van der Waals surface area contributed by atoms with E-state index < -0.39 is 30.9 Å². The van der Waals surface area contributed by atoms with Crippen molar-refractivity contribution in [2.24, 2.45) is 0 Å². The van der Waals surface area contributed by atoms with Gasteiger partial charge in [-0.2, -0.15) is 0 Å². The van der Waals surface area contributed by atoms with Gasteiger partial charge in [-0.1, -0.05) is 0 Å². The fraction of sp³-hybridized carbons (Fsp3) is 0.833. The van der Waals surface area contributed by atoms with Gasteiger partial charge >= 0.3 is 5.97 Å². The van der Waals surface area contributed by atoms with Crippen LogP contribution in [0.25, 0.3) is 0 Å². The summed E-state index contributed by atoms with van der Waals surface area (Å²) in [5.74, 6) is -0.783. The van der Waals surface area contributed by atoms with Gasteiger partial charge in [-0.05, 0) is 0 Å². The van der Waals surface area contributed by atoms with Crippen LogP contribution in [0, 0.1) is 0 Å². The van der Waals surface area contributed by atoms with Crippen LogP contribution in [0.3, 0.4) is 0 Å². The van der Waals surface area contributed by atoms with E-state index in [1.165, 1.54) is 0 Å². The predicted octanol–water partition coefficient (Wildman–Crippen LogP) is -1.98. The Kier molecular flexibility index (Phi) is 2.43. The summed E-state index contributed by atoms with van der Waals surface area (Å²) in [5.41, 5.74) is 0. The topological polar surface area (TPSA) is 87.0 Å². The van der Waals surface area contributed by atoms with Gasteiger partial charge in [-0.3, -0.25) is 0 Å². The number of carbonyl (C=O) groups is 1. The number of hydrogen-bond donors (Lipinski definition) is 3. The second-order valence-electron chi connectivity index (χ2n) is 2.48. The third kappa shape index (κ3) is 1.68. The maximum atomic E-state index is 10.6. The minimum Gasteiger partial charge on any atom is -0.455 e. The van der Waals surface area contributed by atoms with Crippen molar-refractivity contribution in [3.8, 4) is 0 Å². The van der Waals surface area contributed by atoms with E-state index in [0.717, 1.165) is 0 Å². The van der Waals surface area contributed by atoms with Gasteiger partial charge in [-0.25, -0.2) is 4.79 Å². The molecule has 5 nitrogen and oxygen atoms in total. The summed E-state index contributed by atoms with van der Waals surface area (Å²) in [6.07, 6.45) is -3.17. The van der Waals surface area contributed by atoms with Crippen LogP contribution in [0.1, 0.15) is 6.42 Å². The number of aliphatic hydroxyl groups is 3. The molecule has 1 saturated heterocycles. The average Bonchev–Trinajstić information content (AvgIpc) is 1.97. The minimum atomic E-state index is -1.26. The quantitative estimate of drug-likeness (QED) is 0.389. The van der Waals surface area contributed by atoms with E-state index in [4.69, 9.17) is 15.3 Å². The lowest BCUT2D eigenvalue weighted by atomic mass is 10.0. The lowest BCUT2D eigenvalue weighted by molar-refractivity contribution is -0.183. The van der Waals surface area contributed by atoms with Crippen LogP contribution in [0.2, 0.25) is 0 Å². The molecule has 64 valence electrons. The smallest absolute Gasteiger partial charge is 0.335 e. The molecule has 0 aromatic heterocycles. The van der Waals surface area contributed by atoms with Crippen LogP contribution < -0.4 is 0 Å². The van der Waals surface area contributed by atoms with E-state index in [2.05, 4.69) is 4.74 Å². The lowest BCUT2D eigenvalue weighted by Crippen LogP contribution is -2.46. The molecule has 0 aliphatic carbocycles. The largest absolute Gasteiger partial charge is 0.455 e. The lowest BCUT2D eigenvalue weighted by Gasteiger charge is -2.28. The average molecular weight is 162 g/mol. The van der Waals surface area contributed by atoms with Crippen LogP contribution in [-0.4, -0.2) is 46.2 Å². The van der Waals surface area contributed by atoms with Crippen LogP contribution in [0.4, 0.5) is 0 Å². The number of carbonyl (C=O) groups excluding carboxylic acids is 1. The summed E-state index contributed by atoms with van der Waals surface area (Å²) in [7, 11) is 0. The summed E-state index contributed by atoms with van der Waals surface area (Å²) >= 11 is 0. The number of hydrogen-bond acceptors (Lipinski definition) is 5. The zero-order valence-electron chi connectivity index (χ0n) is 5.80. The minimum absolute atomic E-state index is 0.0654. The third-order valence-electron chi connectivity index (χ3n) is 1.61. The molecule has 3 atom stereocenters. The first kappa shape index (κ1) is 8.45. The number of rotatable bonds is 1. The molecular formula is C6H10O5. The molecule has 5 heteroatoms. The summed E-state index contributed by atoms with van der Waals surface area (Å²) in [4.78, 5) is 10.6. The Morgan fingerprint density at radius 3 is 2.73 bits per heavy atom. The highest BCUT2D eigenvalue weighted by atomic mass is 16.6. The number of cyclic esters (lactones) is 1. The molecule has 0 aromatic rings. The summed E-state index contributed by atoms with van der Waals surface area (Å²) < 4.78 is 4.47. The Morgan fingerprint density at radius 2 is 2.18 bits per heavy atom. The molecule has 0 unspecified atom stereocenters. The first-order chi connectivity index (χ1) is 5.15. The molecule has 0 spiro atoms. The normalized spacial score (nSPS) is 38.5. The fourth-order valence-corrected chi connectivity index (χ4v) is 0.942. The molecule has 1 aliphatic rings. The monoisotopic (exact) mass is 162 g/mol. The van der Waals surface area contributed by atoms with Crippen molar-refractivity contribution in [3.05, 3.63) is 0 Å². The van der Waals surface area contributed by atoms with Gasteiger partial charge in [0.25, 0.3) is 0 Å². The van der Waals surface area contributed by atoms with Crippen LogP contribution in [0.5, 0.6) is 0 Å². The molecule has 3 N–H and O–H groups in total. The number of ether oxygens (including phenoxy) is 1. The zero-order valence-corrected chi connectivity index (χ0v) is 5.80. The highest BCUT2D eigenvalue weighted by Gasteiger charge is 2.34. The zero-order chi connectivity index (χ0) is 8.43. The van der Waals surface area contributed by atoms with Gasteiger partial charge in [0.2, 0.25) is 0 Å². The van der Waals surface area contributed by atoms with E-state index in [-0.39, 0.29) is 6.42 Å². The Hall–Kier alpha value is -0.650. The van der Waals surface area contributed by atoms with E-state index in [0.29, 0.717) is 0 Å². The van der Waals surface area contributed by atoms with Crippen molar-refractivity contribution in [1.82, 2.24) is 0 Å². The van der Waals surface area contributed by atoms with Crippen molar-refractivity contribution in [2.75, 3.05) is 6.61 Å². The third-order valence-corrected chi connectivity index (χ3v) is 1.61. The summed E-state index contributed by atoms with van der Waals surface area (Å²) in [6, 6.07) is 0. The number of aliphatic hydroxyl groups excluding tert-OH is 3. The van der Waals surface area contributed by atoms with E-state index in [9.17, 15) is 4.79 Å². The molecule has 1 rings (SSSR count). The summed E-state index contributed by atoms with van der Waals surface area (Å²) in [5, 5.41) is 26.5. The summed E-state index contributed by atoms with van der Waals surface area (Å²) in [6.45, 7) is -0.417. The highest BCUT2D eigenvalue weighted by molar-refractivity contribution is 5.75. The molecule has 0 radical (unpaired) electrons. The van der Waals surface area contributed by atoms with Gasteiger partial charge in [0.05, 0.1) is 12.7 Å². The SMILES string of the molecule is O=C1O[C@H](CO)[C@@H](O)C[C@@H]1O. The van der Waals surface area contributed by atoms with Gasteiger partial charge in [0.15, 0.2) is 12.2 Å². The van der Waals surface area contributed by atoms with Gasteiger partial charge in [0, 0.05) is 6.42 Å². The first-order valence-corrected chi connectivity index (χ1v) is 3.32. The Balaban J connectivity index is 2.54. The molecular weight excluding hydrogens is 152 g/mol. The first-order valence-electron chi connectivity index (χ1n) is 3.32. The van der Waals surface area contributed by atoms with E-state index in [1.807, 2.05) is 0 Å². The van der Waals surface area contributed by atoms with Crippen molar-refractivity contribution < 1.29 is 24.9 Å². The van der Waals surface area contributed by atoms with Crippen molar-refractivity contribution in [3.63, 3.8) is 0 Å². The predicted molar refractivity (Wildman–Crippen MR) is 33.6 cm³/mol. The van der Waals surface area contributed by atoms with Crippen LogP contribution >= 0.6 is 0 Å². The van der Waals surface area contributed by atoms with Crippen molar-refractivity contribution in [1.29, 1.82) is 0 Å². The van der Waals surface area contributed by atoms with E-state index in [1.54, 1.807) is 0 Å². The Bertz CT molecular complexity index is 157. The molecule has 1 aliphatic heterocycles. The maximum absolute atomic E-state index is 10.6. The molecule has 1 heterocycles. The van der Waals surface area contributed by atoms with Crippen LogP contribution in [0.15, 0.2) is 0 Å². The van der Waals surface area contributed by atoms with Gasteiger partial charge in [-0.15, -0.1) is 0 Å². The molecule has 1 fully saturated rings. The standard InChI is InChI=1S/C6H10O5/c7-2-5-3(8)1-4(9)6(10)11-5/h3-5,7-9H,1-2H2/t3-,4-,5+/m0/s1. The maximum Gasteiger partial charge on any atom is 0.335 e. The molecule has 0 saturated carbocycles. The molecule has 0 bridgehead atoms. The van der Waals surface area contributed by atoms with Crippen molar-refractivity contribution in [2.45, 2.75) is 24.7 Å². The van der Waals surface area contributed by atoms with Crippen molar-refractivity contribution >= 4 is 5.97 Å². The second-order valence-corrected chi connectivity index (χ2v) is 2.48. The van der Waals surface area contributed by atoms with E-state index >= 15 is 0 Å². The highest BCUT2D eigenvalue weighted by Crippen LogP contribution is 2.14. The fourth-order valence-electron chi connectivity index (χ4n) is 0.942. The molecule has 0 aromatic carbocycles. The molecule has 11 heavy (non-hydrogen) atoms. The van der Waals surface area contributed by atoms with Crippen LogP contribution in [-0.2, 0) is 9.53 Å². The van der Waals surface area contributed by atoms with Gasteiger partial charge < -0.3 is 20.1 Å². The second kappa shape index (κ2) is 3.17. The Morgan fingerprint density at radius 1 is 1.55 bits per heavy atom. The molecule has 0 amide bonds. The number of esters is 1.